The molecule has 0 aliphatic carbocycles. The molecule has 1 aromatic heterocycles. The molecule has 1 aliphatic rings. The van der Waals surface area contributed by atoms with Crippen LogP contribution in [0.3, 0.4) is 0 Å². The average Bonchev–Trinajstić information content (AvgIpc) is 2.56. The van der Waals surface area contributed by atoms with Crippen molar-refractivity contribution < 1.29 is 4.74 Å². The highest BCUT2D eigenvalue weighted by Crippen LogP contribution is 2.32. The smallest absolute Gasteiger partial charge is 0.220 e. The van der Waals surface area contributed by atoms with Gasteiger partial charge in [-0.1, -0.05) is 24.6 Å². The van der Waals surface area contributed by atoms with Crippen LogP contribution in [0, 0.1) is 0 Å². The van der Waals surface area contributed by atoms with Crippen molar-refractivity contribution in [2.75, 3.05) is 19.4 Å². The van der Waals surface area contributed by atoms with Crippen LogP contribution in [0.4, 0.5) is 5.95 Å². The number of rotatable bonds is 4. The maximum Gasteiger partial charge on any atom is 0.220 e. The van der Waals surface area contributed by atoms with Crippen LogP contribution in [0.25, 0.3) is 0 Å². The van der Waals surface area contributed by atoms with Gasteiger partial charge in [0, 0.05) is 18.3 Å². The number of para-hydroxylation sites is 1. The van der Waals surface area contributed by atoms with Crippen molar-refractivity contribution in [3.63, 3.8) is 0 Å². The van der Waals surface area contributed by atoms with E-state index >= 15 is 0 Å². The molecule has 1 saturated heterocycles. The summed E-state index contributed by atoms with van der Waals surface area (Å²) in [6.07, 6.45) is 5.28. The largest absolute Gasteiger partial charge is 0.496 e. The van der Waals surface area contributed by atoms with Crippen LogP contribution in [-0.4, -0.2) is 28.5 Å². The van der Waals surface area contributed by atoms with E-state index in [-0.39, 0.29) is 0 Å². The molecule has 0 spiro atoms. The second-order valence-corrected chi connectivity index (χ2v) is 5.63. The van der Waals surface area contributed by atoms with E-state index < -0.39 is 0 Å². The third kappa shape index (κ3) is 3.20. The van der Waals surface area contributed by atoms with Gasteiger partial charge in [-0.05, 0) is 31.5 Å². The zero-order chi connectivity index (χ0) is 15.4. The number of hydrogen-bond acceptors (Lipinski definition) is 5. The van der Waals surface area contributed by atoms with E-state index in [4.69, 9.17) is 10.5 Å². The van der Waals surface area contributed by atoms with E-state index in [0.29, 0.717) is 12.0 Å². The molecule has 1 aliphatic heterocycles. The van der Waals surface area contributed by atoms with Crippen LogP contribution in [0.5, 0.6) is 5.75 Å². The number of hydrogen-bond donors (Lipinski definition) is 1. The molecule has 22 heavy (non-hydrogen) atoms. The van der Waals surface area contributed by atoms with E-state index in [1.54, 1.807) is 13.3 Å². The molecule has 2 heterocycles. The van der Waals surface area contributed by atoms with Crippen LogP contribution in [0.1, 0.15) is 36.6 Å². The number of nitrogen functional groups attached to an aromatic ring is 1. The molecule has 5 heteroatoms. The molecule has 1 fully saturated rings. The summed E-state index contributed by atoms with van der Waals surface area (Å²) in [7, 11) is 1.72. The lowest BCUT2D eigenvalue weighted by molar-refractivity contribution is 0.136. The minimum Gasteiger partial charge on any atom is -0.496 e. The van der Waals surface area contributed by atoms with Crippen molar-refractivity contribution in [1.29, 1.82) is 0 Å². The first kappa shape index (κ1) is 14.8. The molecule has 3 rings (SSSR count). The number of benzene rings is 1. The molecule has 2 aromatic rings. The van der Waals surface area contributed by atoms with Gasteiger partial charge >= 0.3 is 0 Å². The molecule has 0 saturated carbocycles. The molecule has 0 radical (unpaired) electrons. The first-order valence-corrected chi connectivity index (χ1v) is 7.72. The van der Waals surface area contributed by atoms with Crippen LogP contribution in [0.2, 0.25) is 0 Å². The van der Waals surface area contributed by atoms with Gasteiger partial charge in [0.25, 0.3) is 0 Å². The van der Waals surface area contributed by atoms with Gasteiger partial charge in [0.05, 0.1) is 18.8 Å². The fourth-order valence-electron chi connectivity index (χ4n) is 3.14. The lowest BCUT2D eigenvalue weighted by atomic mass is 9.98. The van der Waals surface area contributed by atoms with Crippen molar-refractivity contribution in [3.8, 4) is 5.75 Å². The zero-order valence-corrected chi connectivity index (χ0v) is 12.9. The molecule has 0 amide bonds. The highest BCUT2D eigenvalue weighted by atomic mass is 16.5. The average molecular weight is 298 g/mol. The van der Waals surface area contributed by atoms with E-state index in [2.05, 4.69) is 27.0 Å². The fourth-order valence-corrected chi connectivity index (χ4v) is 3.14. The van der Waals surface area contributed by atoms with E-state index in [1.165, 1.54) is 18.4 Å². The number of likely N-dealkylation sites (tertiary alicyclic amines) is 1. The number of nitrogens with two attached hydrogens (primary N) is 1. The molecule has 116 valence electrons. The highest BCUT2D eigenvalue weighted by molar-refractivity contribution is 5.33. The quantitative estimate of drug-likeness (QED) is 0.940. The third-order valence-electron chi connectivity index (χ3n) is 4.22. The zero-order valence-electron chi connectivity index (χ0n) is 12.9. The van der Waals surface area contributed by atoms with Gasteiger partial charge < -0.3 is 10.5 Å². The van der Waals surface area contributed by atoms with Crippen LogP contribution >= 0.6 is 0 Å². The Morgan fingerprint density at radius 2 is 2.14 bits per heavy atom. The van der Waals surface area contributed by atoms with Gasteiger partial charge in [-0.15, -0.1) is 0 Å². The van der Waals surface area contributed by atoms with Gasteiger partial charge in [-0.3, -0.25) is 4.90 Å². The number of ether oxygens (including phenoxy) is 1. The normalized spacial score (nSPS) is 19.0. The van der Waals surface area contributed by atoms with E-state index in [1.807, 2.05) is 18.2 Å². The maximum atomic E-state index is 5.75. The summed E-state index contributed by atoms with van der Waals surface area (Å²) >= 11 is 0. The minimum absolute atomic E-state index is 0.295. The topological polar surface area (TPSA) is 64.3 Å². The van der Waals surface area contributed by atoms with Crippen molar-refractivity contribution in [2.45, 2.75) is 31.8 Å². The minimum atomic E-state index is 0.295. The summed E-state index contributed by atoms with van der Waals surface area (Å²) in [5.41, 5.74) is 7.97. The van der Waals surface area contributed by atoms with Gasteiger partial charge in [0.15, 0.2) is 0 Å². The molecule has 1 aromatic carbocycles. The van der Waals surface area contributed by atoms with E-state index in [9.17, 15) is 0 Å². The fraction of sp³-hybridized carbons (Fsp3) is 0.412. The van der Waals surface area contributed by atoms with Crippen LogP contribution in [0.15, 0.2) is 36.5 Å². The maximum absolute atomic E-state index is 5.75. The molecular weight excluding hydrogens is 276 g/mol. The Morgan fingerprint density at radius 3 is 2.95 bits per heavy atom. The van der Waals surface area contributed by atoms with Crippen molar-refractivity contribution >= 4 is 5.95 Å². The van der Waals surface area contributed by atoms with Crippen molar-refractivity contribution in [2.24, 2.45) is 0 Å². The van der Waals surface area contributed by atoms with Gasteiger partial charge in [-0.25, -0.2) is 9.97 Å². The monoisotopic (exact) mass is 298 g/mol. The highest BCUT2D eigenvalue weighted by Gasteiger charge is 2.26. The SMILES string of the molecule is COc1ccccc1CN1CCCC[C@@H]1c1ccnc(N)n1. The Bertz CT molecular complexity index is 632. The predicted molar refractivity (Wildman–Crippen MR) is 86.4 cm³/mol. The molecule has 0 unspecified atom stereocenters. The lowest BCUT2D eigenvalue weighted by Gasteiger charge is -2.35. The van der Waals surface area contributed by atoms with Crippen molar-refractivity contribution in [1.82, 2.24) is 14.9 Å². The Morgan fingerprint density at radius 1 is 1.27 bits per heavy atom. The Labute approximate surface area is 131 Å². The third-order valence-corrected chi connectivity index (χ3v) is 4.22. The first-order chi connectivity index (χ1) is 10.8. The number of piperidine rings is 1. The number of methoxy groups -OCH3 is 1. The second kappa shape index (κ2) is 6.75. The Balaban J connectivity index is 1.84. The van der Waals surface area contributed by atoms with Gasteiger partial charge in [0.1, 0.15) is 5.75 Å². The van der Waals surface area contributed by atoms with E-state index in [0.717, 1.165) is 31.0 Å². The van der Waals surface area contributed by atoms with Gasteiger partial charge in [0.2, 0.25) is 5.95 Å². The molecule has 5 nitrogen and oxygen atoms in total. The summed E-state index contributed by atoms with van der Waals surface area (Å²) < 4.78 is 5.47. The Kier molecular flexibility index (Phi) is 4.53. The number of nitrogens with zero attached hydrogens (tertiary/aromatic N) is 3. The number of aromatic nitrogens is 2. The molecule has 1 atom stereocenters. The summed E-state index contributed by atoms with van der Waals surface area (Å²) in [6.45, 7) is 1.92. The van der Waals surface area contributed by atoms with Gasteiger partial charge in [-0.2, -0.15) is 0 Å². The second-order valence-electron chi connectivity index (χ2n) is 5.63. The van der Waals surface area contributed by atoms with Crippen molar-refractivity contribution in [3.05, 3.63) is 47.8 Å². The lowest BCUT2D eigenvalue weighted by Crippen LogP contribution is -2.33. The Hall–Kier alpha value is -2.14. The molecule has 0 bridgehead atoms. The van der Waals surface area contributed by atoms with Crippen LogP contribution < -0.4 is 10.5 Å². The summed E-state index contributed by atoms with van der Waals surface area (Å²) in [6, 6.07) is 10.5. The summed E-state index contributed by atoms with van der Waals surface area (Å²) in [5.74, 6) is 1.29. The summed E-state index contributed by atoms with van der Waals surface area (Å²) in [4.78, 5) is 10.9. The molecule has 2 N–H and O–H groups in total. The first-order valence-electron chi connectivity index (χ1n) is 7.72. The summed E-state index contributed by atoms with van der Waals surface area (Å²) in [5, 5.41) is 0. The van der Waals surface area contributed by atoms with Crippen LogP contribution in [-0.2, 0) is 6.54 Å². The molecular formula is C17H22N4O. The predicted octanol–water partition coefficient (Wildman–Crippen LogP) is 2.79. The number of anilines is 1. The standard InChI is InChI=1S/C17H22N4O/c1-22-16-8-3-2-6-13(16)12-21-11-5-4-7-15(21)14-9-10-19-17(18)20-14/h2-3,6,8-10,15H,4-5,7,11-12H2,1H3,(H2,18,19,20)/t15-/m1/s1.